The first-order valence-corrected chi connectivity index (χ1v) is 4.07. The van der Waals surface area contributed by atoms with Crippen LogP contribution in [0.2, 0.25) is 6.82 Å². The molecule has 1 saturated heterocycles. The Hall–Kier alpha value is -0.345. The largest absolute Gasteiger partial charge is 0.437 e. The maximum Gasteiger partial charge on any atom is 0.377 e. The number of nitrogens with zero attached hydrogens (tertiary/aromatic N) is 1. The van der Waals surface area contributed by atoms with Crippen LogP contribution in [0, 0.1) is 0 Å². The number of Topliss-reactive ketones (excluding diaryl/α,β-unsaturated/α-hetero) is 1. The van der Waals surface area contributed by atoms with E-state index in [9.17, 15) is 9.82 Å². The lowest BCUT2D eigenvalue weighted by molar-refractivity contribution is -0.120. The normalized spacial score (nSPS) is 25.5. The first kappa shape index (κ1) is 8.75. The Morgan fingerprint density at radius 1 is 1.73 bits per heavy atom. The van der Waals surface area contributed by atoms with Gasteiger partial charge in [0.2, 0.25) is 0 Å². The maximum absolute atomic E-state index is 11.0. The van der Waals surface area contributed by atoms with Gasteiger partial charge in [-0.3, -0.25) is 4.79 Å². The molecule has 1 N–H and O–H groups in total. The number of hydrogen-bond donors (Lipinski definition) is 1. The van der Waals surface area contributed by atoms with Crippen LogP contribution in [0.3, 0.4) is 0 Å². The second-order valence-corrected chi connectivity index (χ2v) is 3.14. The summed E-state index contributed by atoms with van der Waals surface area (Å²) >= 11 is 0. The van der Waals surface area contributed by atoms with E-state index in [0.717, 1.165) is 19.4 Å². The van der Waals surface area contributed by atoms with Gasteiger partial charge in [0.25, 0.3) is 0 Å². The summed E-state index contributed by atoms with van der Waals surface area (Å²) in [7, 11) is -0.480. The molecule has 0 amide bonds. The van der Waals surface area contributed by atoms with Crippen LogP contribution in [0.4, 0.5) is 0 Å². The minimum atomic E-state index is -0.480. The topological polar surface area (TPSA) is 40.5 Å². The number of rotatable bonds is 2. The van der Waals surface area contributed by atoms with Crippen LogP contribution in [0.15, 0.2) is 0 Å². The fourth-order valence-corrected chi connectivity index (χ4v) is 1.67. The van der Waals surface area contributed by atoms with Crippen molar-refractivity contribution in [3.8, 4) is 0 Å². The van der Waals surface area contributed by atoms with Gasteiger partial charge in [0.1, 0.15) is 5.78 Å². The summed E-state index contributed by atoms with van der Waals surface area (Å²) in [5.74, 6) is 0.170. The Kier molecular flexibility index (Phi) is 2.68. The average Bonchev–Trinajstić information content (AvgIpc) is 2.32. The van der Waals surface area contributed by atoms with E-state index in [1.165, 1.54) is 0 Å². The molecule has 0 aromatic heterocycles. The van der Waals surface area contributed by atoms with E-state index in [1.807, 2.05) is 4.81 Å². The van der Waals surface area contributed by atoms with E-state index >= 15 is 0 Å². The van der Waals surface area contributed by atoms with Crippen LogP contribution < -0.4 is 0 Å². The summed E-state index contributed by atoms with van der Waals surface area (Å²) in [6.07, 6.45) is 1.93. The molecular formula is C7H14BNO2. The lowest BCUT2D eigenvalue weighted by Crippen LogP contribution is -2.43. The molecule has 1 aliphatic heterocycles. The molecule has 0 spiro atoms. The second kappa shape index (κ2) is 3.37. The predicted molar refractivity (Wildman–Crippen MR) is 44.2 cm³/mol. The highest BCUT2D eigenvalue weighted by molar-refractivity contribution is 6.45. The van der Waals surface area contributed by atoms with E-state index in [2.05, 4.69) is 0 Å². The van der Waals surface area contributed by atoms with Crippen molar-refractivity contribution in [2.45, 2.75) is 32.6 Å². The molecule has 11 heavy (non-hydrogen) atoms. The van der Waals surface area contributed by atoms with E-state index in [1.54, 1.807) is 13.7 Å². The van der Waals surface area contributed by atoms with Gasteiger partial charge in [-0.15, -0.1) is 0 Å². The molecule has 4 heteroatoms. The van der Waals surface area contributed by atoms with Crippen molar-refractivity contribution >= 4 is 12.8 Å². The molecule has 3 nitrogen and oxygen atoms in total. The van der Waals surface area contributed by atoms with Gasteiger partial charge in [-0.1, -0.05) is 0 Å². The van der Waals surface area contributed by atoms with Crippen molar-refractivity contribution in [1.29, 1.82) is 0 Å². The fraction of sp³-hybridized carbons (Fsp3) is 0.857. The summed E-state index contributed by atoms with van der Waals surface area (Å²) in [5.41, 5.74) is 0. The summed E-state index contributed by atoms with van der Waals surface area (Å²) in [6.45, 7) is 4.15. The van der Waals surface area contributed by atoms with E-state index in [-0.39, 0.29) is 11.8 Å². The third kappa shape index (κ3) is 1.82. The molecule has 0 radical (unpaired) electrons. The van der Waals surface area contributed by atoms with Crippen molar-refractivity contribution in [3.63, 3.8) is 0 Å². The standard InChI is InChI=1S/C7H14BNO2/c1-6(10)7-4-3-5-9(7)8(2)11/h7,11H,3-5H2,1-2H3. The number of hydrogen-bond acceptors (Lipinski definition) is 3. The number of ketones is 1. The van der Waals surface area contributed by atoms with Crippen molar-refractivity contribution in [2.24, 2.45) is 0 Å². The van der Waals surface area contributed by atoms with Gasteiger partial charge in [0.15, 0.2) is 0 Å². The first-order valence-electron chi connectivity index (χ1n) is 4.07. The minimum Gasteiger partial charge on any atom is -0.437 e. The Balaban J connectivity index is 2.58. The molecule has 1 heterocycles. The first-order chi connectivity index (χ1) is 5.13. The summed E-state index contributed by atoms with van der Waals surface area (Å²) in [4.78, 5) is 12.9. The van der Waals surface area contributed by atoms with Crippen molar-refractivity contribution in [1.82, 2.24) is 4.81 Å². The summed E-state index contributed by atoms with van der Waals surface area (Å²) in [5, 5.41) is 9.25. The summed E-state index contributed by atoms with van der Waals surface area (Å²) < 4.78 is 0. The van der Waals surface area contributed by atoms with Crippen LogP contribution in [-0.2, 0) is 4.79 Å². The molecule has 0 bridgehead atoms. The van der Waals surface area contributed by atoms with E-state index in [0.29, 0.717) is 0 Å². The highest BCUT2D eigenvalue weighted by Gasteiger charge is 2.32. The SMILES string of the molecule is CB(O)N1CCCC1C(C)=O. The smallest absolute Gasteiger partial charge is 0.377 e. The van der Waals surface area contributed by atoms with Crippen LogP contribution in [-0.4, -0.2) is 35.3 Å². The molecule has 0 saturated carbocycles. The third-order valence-corrected chi connectivity index (χ3v) is 2.24. The third-order valence-electron chi connectivity index (χ3n) is 2.24. The Bertz CT molecular complexity index is 161. The molecule has 0 aliphatic carbocycles. The second-order valence-electron chi connectivity index (χ2n) is 3.14. The van der Waals surface area contributed by atoms with Gasteiger partial charge in [-0.05, 0) is 33.1 Å². The molecule has 0 aromatic rings. The van der Waals surface area contributed by atoms with Gasteiger partial charge in [-0.25, -0.2) is 0 Å². The zero-order valence-corrected chi connectivity index (χ0v) is 7.08. The van der Waals surface area contributed by atoms with Gasteiger partial charge in [-0.2, -0.15) is 0 Å². The fourth-order valence-electron chi connectivity index (χ4n) is 1.67. The van der Waals surface area contributed by atoms with Gasteiger partial charge < -0.3 is 9.83 Å². The molecular weight excluding hydrogens is 141 g/mol. The molecule has 1 rings (SSSR count). The molecule has 1 aliphatic rings. The number of carbonyl (C=O) groups excluding carboxylic acids is 1. The zero-order valence-electron chi connectivity index (χ0n) is 7.08. The van der Waals surface area contributed by atoms with Crippen molar-refractivity contribution in [3.05, 3.63) is 0 Å². The molecule has 1 fully saturated rings. The zero-order chi connectivity index (χ0) is 8.43. The Morgan fingerprint density at radius 3 is 2.73 bits per heavy atom. The van der Waals surface area contributed by atoms with Crippen LogP contribution in [0.25, 0.3) is 0 Å². The van der Waals surface area contributed by atoms with Crippen molar-refractivity contribution in [2.75, 3.05) is 6.54 Å². The van der Waals surface area contributed by atoms with Crippen LogP contribution in [0.5, 0.6) is 0 Å². The van der Waals surface area contributed by atoms with Gasteiger partial charge >= 0.3 is 7.05 Å². The van der Waals surface area contributed by atoms with E-state index in [4.69, 9.17) is 0 Å². The minimum absolute atomic E-state index is 0.0324. The van der Waals surface area contributed by atoms with Crippen molar-refractivity contribution < 1.29 is 9.82 Å². The predicted octanol–water partition coefficient (Wildman–Crippen LogP) is 0.150. The van der Waals surface area contributed by atoms with Crippen LogP contribution in [0.1, 0.15) is 19.8 Å². The highest BCUT2D eigenvalue weighted by atomic mass is 16.2. The number of carbonyl (C=O) groups is 1. The lowest BCUT2D eigenvalue weighted by Gasteiger charge is -2.22. The summed E-state index contributed by atoms with van der Waals surface area (Å²) in [6, 6.07) is -0.0324. The highest BCUT2D eigenvalue weighted by Crippen LogP contribution is 2.18. The molecule has 0 aromatic carbocycles. The molecule has 1 atom stereocenters. The van der Waals surface area contributed by atoms with Crippen LogP contribution >= 0.6 is 0 Å². The Labute approximate surface area is 67.5 Å². The quantitative estimate of drug-likeness (QED) is 0.577. The monoisotopic (exact) mass is 155 g/mol. The average molecular weight is 155 g/mol. The molecule has 1 unspecified atom stereocenters. The molecule has 62 valence electrons. The lowest BCUT2D eigenvalue weighted by atomic mass is 9.83. The van der Waals surface area contributed by atoms with Gasteiger partial charge in [0, 0.05) is 0 Å². The van der Waals surface area contributed by atoms with E-state index < -0.39 is 7.05 Å². The Morgan fingerprint density at radius 2 is 2.36 bits per heavy atom. The van der Waals surface area contributed by atoms with Gasteiger partial charge in [0.05, 0.1) is 6.04 Å². The maximum atomic E-state index is 11.0.